The molecule has 1 aliphatic rings. The molecule has 1 amide bonds. The van der Waals surface area contributed by atoms with Gasteiger partial charge >= 0.3 is 0 Å². The van der Waals surface area contributed by atoms with E-state index in [1.165, 1.54) is 12.1 Å². The lowest BCUT2D eigenvalue weighted by Crippen LogP contribution is -2.35. The van der Waals surface area contributed by atoms with Crippen LogP contribution >= 0.6 is 0 Å². The first-order chi connectivity index (χ1) is 9.11. The third-order valence-electron chi connectivity index (χ3n) is 3.11. The molecule has 1 aliphatic heterocycles. The number of amides is 1. The second-order valence-electron chi connectivity index (χ2n) is 4.46. The lowest BCUT2D eigenvalue weighted by atomic mass is 10.1. The lowest BCUT2D eigenvalue weighted by Gasteiger charge is -2.26. The van der Waals surface area contributed by atoms with Crippen molar-refractivity contribution in [1.29, 1.82) is 0 Å². The number of aromatic hydroxyl groups is 1. The van der Waals surface area contributed by atoms with E-state index < -0.39 is 5.82 Å². The third-order valence-corrected chi connectivity index (χ3v) is 3.11. The number of carbonyl (C=O) groups is 1. The molecule has 102 valence electrons. The first-order valence-corrected chi connectivity index (χ1v) is 6.06. The molecule has 5 heteroatoms. The highest BCUT2D eigenvalue weighted by Gasteiger charge is 2.21. The van der Waals surface area contributed by atoms with Gasteiger partial charge in [-0.25, -0.2) is 4.39 Å². The SMILES string of the molecule is COCC1=CCN(C(=O)c2ccc(F)cc2O)CC1. The average molecular weight is 265 g/mol. The number of nitrogens with zero attached hydrogens (tertiary/aromatic N) is 1. The molecule has 0 aromatic heterocycles. The van der Waals surface area contributed by atoms with E-state index in [-0.39, 0.29) is 17.2 Å². The Morgan fingerprint density at radius 3 is 2.89 bits per heavy atom. The monoisotopic (exact) mass is 265 g/mol. The second-order valence-corrected chi connectivity index (χ2v) is 4.46. The van der Waals surface area contributed by atoms with Gasteiger partial charge in [0.15, 0.2) is 0 Å². The van der Waals surface area contributed by atoms with Crippen molar-refractivity contribution in [2.75, 3.05) is 26.8 Å². The van der Waals surface area contributed by atoms with Crippen molar-refractivity contribution in [1.82, 2.24) is 4.90 Å². The van der Waals surface area contributed by atoms with Crippen LogP contribution < -0.4 is 0 Å². The number of hydrogen-bond donors (Lipinski definition) is 1. The van der Waals surface area contributed by atoms with Crippen molar-refractivity contribution >= 4 is 5.91 Å². The summed E-state index contributed by atoms with van der Waals surface area (Å²) in [5.41, 5.74) is 1.29. The van der Waals surface area contributed by atoms with Crippen molar-refractivity contribution in [3.8, 4) is 5.75 Å². The molecule has 1 aromatic carbocycles. The largest absolute Gasteiger partial charge is 0.507 e. The van der Waals surface area contributed by atoms with E-state index in [9.17, 15) is 14.3 Å². The van der Waals surface area contributed by atoms with Gasteiger partial charge in [-0.15, -0.1) is 0 Å². The van der Waals surface area contributed by atoms with Crippen LogP contribution in [0.1, 0.15) is 16.8 Å². The minimum atomic E-state index is -0.560. The Hall–Kier alpha value is -1.88. The van der Waals surface area contributed by atoms with Crippen LogP contribution in [-0.4, -0.2) is 42.7 Å². The highest BCUT2D eigenvalue weighted by Crippen LogP contribution is 2.21. The zero-order valence-electron chi connectivity index (χ0n) is 10.7. The number of hydrogen-bond acceptors (Lipinski definition) is 3. The van der Waals surface area contributed by atoms with Gasteiger partial charge in [0.25, 0.3) is 5.91 Å². The quantitative estimate of drug-likeness (QED) is 0.850. The zero-order valence-corrected chi connectivity index (χ0v) is 10.7. The molecule has 0 fully saturated rings. The predicted octanol–water partition coefficient (Wildman–Crippen LogP) is 1.95. The van der Waals surface area contributed by atoms with E-state index in [1.54, 1.807) is 12.0 Å². The average Bonchev–Trinajstić information content (AvgIpc) is 2.39. The summed E-state index contributed by atoms with van der Waals surface area (Å²) in [7, 11) is 1.63. The van der Waals surface area contributed by atoms with Gasteiger partial charge in [0.1, 0.15) is 11.6 Å². The summed E-state index contributed by atoms with van der Waals surface area (Å²) in [4.78, 5) is 13.8. The molecule has 1 heterocycles. The molecule has 19 heavy (non-hydrogen) atoms. The molecule has 1 aromatic rings. The highest BCUT2D eigenvalue weighted by molar-refractivity contribution is 5.97. The molecular weight excluding hydrogens is 249 g/mol. The Kier molecular flexibility index (Phi) is 4.16. The minimum absolute atomic E-state index is 0.130. The van der Waals surface area contributed by atoms with Gasteiger partial charge in [-0.3, -0.25) is 4.79 Å². The molecule has 0 unspecified atom stereocenters. The van der Waals surface area contributed by atoms with Crippen LogP contribution in [0.3, 0.4) is 0 Å². The molecule has 0 saturated heterocycles. The normalized spacial score (nSPS) is 15.3. The summed E-state index contributed by atoms with van der Waals surface area (Å²) in [6.45, 7) is 1.63. The van der Waals surface area contributed by atoms with E-state index in [2.05, 4.69) is 0 Å². The van der Waals surface area contributed by atoms with Crippen LogP contribution in [-0.2, 0) is 4.74 Å². The molecule has 0 radical (unpaired) electrons. The third kappa shape index (κ3) is 3.12. The van der Waals surface area contributed by atoms with Crippen molar-refractivity contribution < 1.29 is 19.0 Å². The van der Waals surface area contributed by atoms with Gasteiger partial charge in [-0.2, -0.15) is 0 Å². The fourth-order valence-corrected chi connectivity index (χ4v) is 2.07. The molecule has 0 bridgehead atoms. The Bertz CT molecular complexity index is 513. The van der Waals surface area contributed by atoms with Crippen LogP contribution in [0.2, 0.25) is 0 Å². The topological polar surface area (TPSA) is 49.8 Å². The Labute approximate surface area is 111 Å². The number of rotatable bonds is 3. The Morgan fingerprint density at radius 2 is 2.32 bits per heavy atom. The smallest absolute Gasteiger partial charge is 0.257 e. The molecule has 0 aliphatic carbocycles. The summed E-state index contributed by atoms with van der Waals surface area (Å²) in [5, 5.41) is 9.61. The van der Waals surface area contributed by atoms with Crippen LogP contribution in [0.4, 0.5) is 4.39 Å². The van der Waals surface area contributed by atoms with Gasteiger partial charge in [-0.1, -0.05) is 6.08 Å². The molecule has 0 atom stereocenters. The van der Waals surface area contributed by atoms with E-state index in [1.807, 2.05) is 6.08 Å². The molecule has 4 nitrogen and oxygen atoms in total. The minimum Gasteiger partial charge on any atom is -0.507 e. The zero-order chi connectivity index (χ0) is 13.8. The summed E-state index contributed by atoms with van der Waals surface area (Å²) >= 11 is 0. The first kappa shape index (κ1) is 13.5. The second kappa shape index (κ2) is 5.84. The summed E-state index contributed by atoms with van der Waals surface area (Å²) in [6, 6.07) is 3.42. The van der Waals surface area contributed by atoms with Crippen LogP contribution in [0.25, 0.3) is 0 Å². The lowest BCUT2D eigenvalue weighted by molar-refractivity contribution is 0.0762. The number of halogens is 1. The number of methoxy groups -OCH3 is 1. The van der Waals surface area contributed by atoms with Crippen molar-refractivity contribution in [2.45, 2.75) is 6.42 Å². The van der Waals surface area contributed by atoms with Crippen molar-refractivity contribution in [2.24, 2.45) is 0 Å². The van der Waals surface area contributed by atoms with Gasteiger partial charge in [0.05, 0.1) is 12.2 Å². The Balaban J connectivity index is 2.09. The number of ether oxygens (including phenoxy) is 1. The molecule has 0 saturated carbocycles. The molecule has 2 rings (SSSR count). The number of benzene rings is 1. The Morgan fingerprint density at radius 1 is 1.53 bits per heavy atom. The van der Waals surface area contributed by atoms with E-state index >= 15 is 0 Å². The summed E-state index contributed by atoms with van der Waals surface area (Å²) in [6.07, 6.45) is 2.70. The van der Waals surface area contributed by atoms with Crippen molar-refractivity contribution in [3.63, 3.8) is 0 Å². The number of carbonyl (C=O) groups excluding carboxylic acids is 1. The molecule has 1 N–H and O–H groups in total. The highest BCUT2D eigenvalue weighted by atomic mass is 19.1. The van der Waals surface area contributed by atoms with E-state index in [0.717, 1.165) is 18.1 Å². The molecule has 0 spiro atoms. The van der Waals surface area contributed by atoms with E-state index in [4.69, 9.17) is 4.74 Å². The molecular formula is C14H16FNO3. The van der Waals surface area contributed by atoms with Crippen LogP contribution in [0, 0.1) is 5.82 Å². The number of phenols is 1. The van der Waals surface area contributed by atoms with Crippen LogP contribution in [0.5, 0.6) is 5.75 Å². The van der Waals surface area contributed by atoms with E-state index in [0.29, 0.717) is 19.7 Å². The maximum Gasteiger partial charge on any atom is 0.257 e. The van der Waals surface area contributed by atoms with Gasteiger partial charge in [-0.05, 0) is 24.1 Å². The standard InChI is InChI=1S/C14H16FNO3/c1-19-9-10-4-6-16(7-5-10)14(18)12-3-2-11(15)8-13(12)17/h2-4,8,17H,5-7,9H2,1H3. The summed E-state index contributed by atoms with van der Waals surface area (Å²) < 4.78 is 17.9. The van der Waals surface area contributed by atoms with Crippen LogP contribution in [0.15, 0.2) is 29.8 Å². The fourth-order valence-electron chi connectivity index (χ4n) is 2.07. The van der Waals surface area contributed by atoms with Gasteiger partial charge in [0, 0.05) is 26.3 Å². The number of phenolic OH excluding ortho intramolecular Hbond substituents is 1. The van der Waals surface area contributed by atoms with Gasteiger partial charge in [0.2, 0.25) is 0 Å². The summed E-state index contributed by atoms with van der Waals surface area (Å²) in [5.74, 6) is -1.17. The first-order valence-electron chi connectivity index (χ1n) is 6.06. The predicted molar refractivity (Wildman–Crippen MR) is 68.5 cm³/mol. The van der Waals surface area contributed by atoms with Gasteiger partial charge < -0.3 is 14.7 Å². The van der Waals surface area contributed by atoms with Crippen molar-refractivity contribution in [3.05, 3.63) is 41.2 Å². The fraction of sp³-hybridized carbons (Fsp3) is 0.357. The maximum atomic E-state index is 12.9. The maximum absolute atomic E-state index is 12.9.